The van der Waals surface area contributed by atoms with E-state index in [1.807, 2.05) is 37.4 Å². The maximum absolute atomic E-state index is 10.1. The van der Waals surface area contributed by atoms with E-state index in [1.54, 1.807) is 0 Å². The fraction of sp³-hybridized carbons (Fsp3) is 0.375. The molecule has 2 atom stereocenters. The largest absolute Gasteiger partial charge is 0.394 e. The molecule has 0 radical (unpaired) electrons. The summed E-state index contributed by atoms with van der Waals surface area (Å²) < 4.78 is 0. The van der Waals surface area contributed by atoms with Crippen LogP contribution in [0.15, 0.2) is 54.1 Å². The molecular formula is C16H21NO2. The van der Waals surface area contributed by atoms with Gasteiger partial charge in [-0.1, -0.05) is 48.6 Å². The van der Waals surface area contributed by atoms with Crippen LogP contribution in [0, 0.1) is 0 Å². The zero-order valence-electron chi connectivity index (χ0n) is 11.2. The molecule has 0 amide bonds. The number of aliphatic hydroxyl groups excluding tert-OH is 2. The van der Waals surface area contributed by atoms with Crippen molar-refractivity contribution in [3.05, 3.63) is 59.7 Å². The Hall–Kier alpha value is -1.42. The minimum Gasteiger partial charge on any atom is -0.394 e. The van der Waals surface area contributed by atoms with Gasteiger partial charge in [0, 0.05) is 6.54 Å². The van der Waals surface area contributed by atoms with Crippen molar-refractivity contribution >= 4 is 0 Å². The molecule has 2 unspecified atom stereocenters. The number of likely N-dealkylation sites (N-methyl/N-ethyl adjacent to an activating group) is 1. The number of hydrogen-bond donors (Lipinski definition) is 2. The van der Waals surface area contributed by atoms with Gasteiger partial charge >= 0.3 is 0 Å². The molecule has 0 fully saturated rings. The van der Waals surface area contributed by atoms with Crippen molar-refractivity contribution in [1.29, 1.82) is 0 Å². The fourth-order valence-corrected chi connectivity index (χ4v) is 2.58. The second-order valence-electron chi connectivity index (χ2n) is 4.97. The van der Waals surface area contributed by atoms with Crippen LogP contribution in [0.5, 0.6) is 0 Å². The highest BCUT2D eigenvalue weighted by Gasteiger charge is 2.27. The quantitative estimate of drug-likeness (QED) is 0.817. The summed E-state index contributed by atoms with van der Waals surface area (Å²) in [6, 6.07) is 10.0. The Labute approximate surface area is 114 Å². The number of nitrogens with zero attached hydrogens (tertiary/aromatic N) is 1. The molecule has 1 aromatic carbocycles. The van der Waals surface area contributed by atoms with Gasteiger partial charge in [-0.2, -0.15) is 0 Å². The van der Waals surface area contributed by atoms with E-state index in [4.69, 9.17) is 0 Å². The lowest BCUT2D eigenvalue weighted by Crippen LogP contribution is -2.43. The Bertz CT molecular complexity index is 453. The first-order chi connectivity index (χ1) is 9.22. The van der Waals surface area contributed by atoms with Crippen LogP contribution in [0.2, 0.25) is 0 Å². The Balaban J connectivity index is 2.09. The molecule has 1 aliphatic carbocycles. The standard InChI is InChI=1S/C16H21NO2/c1-17(11-13-7-3-2-4-8-13)16(15(19)12-18)14-9-5-6-10-14/h2-9,15-16,18-19H,10-12H2,1H3. The van der Waals surface area contributed by atoms with Crippen molar-refractivity contribution in [3.63, 3.8) is 0 Å². The van der Waals surface area contributed by atoms with Crippen molar-refractivity contribution in [3.8, 4) is 0 Å². The molecule has 0 aromatic heterocycles. The number of rotatable bonds is 6. The van der Waals surface area contributed by atoms with Crippen LogP contribution in [0.4, 0.5) is 0 Å². The first-order valence-corrected chi connectivity index (χ1v) is 6.61. The van der Waals surface area contributed by atoms with Gasteiger partial charge in [-0.25, -0.2) is 0 Å². The van der Waals surface area contributed by atoms with Crippen LogP contribution in [-0.2, 0) is 6.54 Å². The van der Waals surface area contributed by atoms with Gasteiger partial charge in [0.2, 0.25) is 0 Å². The lowest BCUT2D eigenvalue weighted by molar-refractivity contribution is 0.0314. The molecule has 1 aromatic rings. The molecule has 3 heteroatoms. The molecule has 2 rings (SSSR count). The second kappa shape index (κ2) is 6.66. The maximum Gasteiger partial charge on any atom is 0.0964 e. The van der Waals surface area contributed by atoms with Crippen LogP contribution in [-0.4, -0.2) is 40.9 Å². The van der Waals surface area contributed by atoms with Gasteiger partial charge in [0.1, 0.15) is 0 Å². The summed E-state index contributed by atoms with van der Waals surface area (Å²) in [5, 5.41) is 19.3. The Morgan fingerprint density at radius 1 is 1.26 bits per heavy atom. The molecule has 2 N–H and O–H groups in total. The number of allylic oxidation sites excluding steroid dienone is 3. The molecular weight excluding hydrogens is 238 g/mol. The Morgan fingerprint density at radius 2 is 2.00 bits per heavy atom. The zero-order valence-corrected chi connectivity index (χ0v) is 11.2. The highest BCUT2D eigenvalue weighted by molar-refractivity contribution is 5.29. The summed E-state index contributed by atoms with van der Waals surface area (Å²) in [7, 11) is 1.98. The zero-order chi connectivity index (χ0) is 13.7. The lowest BCUT2D eigenvalue weighted by Gasteiger charge is -2.32. The minimum absolute atomic E-state index is 0.139. The van der Waals surface area contributed by atoms with Crippen LogP contribution in [0.1, 0.15) is 12.0 Å². The molecule has 19 heavy (non-hydrogen) atoms. The van der Waals surface area contributed by atoms with Gasteiger partial charge in [0.25, 0.3) is 0 Å². The molecule has 0 saturated heterocycles. The van der Waals surface area contributed by atoms with E-state index in [9.17, 15) is 10.2 Å². The number of hydrogen-bond acceptors (Lipinski definition) is 3. The van der Waals surface area contributed by atoms with E-state index in [0.717, 1.165) is 18.5 Å². The van der Waals surface area contributed by atoms with Crippen molar-refractivity contribution in [2.24, 2.45) is 0 Å². The Morgan fingerprint density at radius 3 is 2.58 bits per heavy atom. The van der Waals surface area contributed by atoms with E-state index < -0.39 is 6.10 Å². The number of aliphatic hydroxyl groups is 2. The van der Waals surface area contributed by atoms with E-state index in [0.29, 0.717) is 0 Å². The van der Waals surface area contributed by atoms with Gasteiger partial charge in [0.05, 0.1) is 18.8 Å². The second-order valence-corrected chi connectivity index (χ2v) is 4.97. The van der Waals surface area contributed by atoms with Crippen LogP contribution < -0.4 is 0 Å². The predicted octanol–water partition coefficient (Wildman–Crippen LogP) is 1.73. The minimum atomic E-state index is -0.750. The van der Waals surface area contributed by atoms with Gasteiger partial charge in [-0.05, 0) is 24.6 Å². The van der Waals surface area contributed by atoms with E-state index >= 15 is 0 Å². The smallest absolute Gasteiger partial charge is 0.0964 e. The highest BCUT2D eigenvalue weighted by atomic mass is 16.3. The van der Waals surface area contributed by atoms with E-state index in [2.05, 4.69) is 23.1 Å². The van der Waals surface area contributed by atoms with Crippen molar-refractivity contribution in [1.82, 2.24) is 4.90 Å². The van der Waals surface area contributed by atoms with Crippen molar-refractivity contribution in [2.75, 3.05) is 13.7 Å². The van der Waals surface area contributed by atoms with Crippen molar-refractivity contribution < 1.29 is 10.2 Å². The predicted molar refractivity (Wildman–Crippen MR) is 76.6 cm³/mol. The van der Waals surface area contributed by atoms with Gasteiger partial charge in [-0.3, -0.25) is 4.90 Å². The van der Waals surface area contributed by atoms with Crippen LogP contribution >= 0.6 is 0 Å². The lowest BCUT2D eigenvalue weighted by atomic mass is 9.99. The summed E-state index contributed by atoms with van der Waals surface area (Å²) in [5.41, 5.74) is 2.35. The van der Waals surface area contributed by atoms with Crippen LogP contribution in [0.3, 0.4) is 0 Å². The summed E-state index contributed by atoms with van der Waals surface area (Å²) in [4.78, 5) is 2.09. The molecule has 102 valence electrons. The maximum atomic E-state index is 10.1. The Kier molecular flexibility index (Phi) is 4.91. The van der Waals surface area contributed by atoms with Gasteiger partial charge < -0.3 is 10.2 Å². The summed E-state index contributed by atoms with van der Waals surface area (Å²) in [6.45, 7) is 0.529. The third kappa shape index (κ3) is 3.53. The topological polar surface area (TPSA) is 43.7 Å². The third-order valence-electron chi connectivity index (χ3n) is 3.48. The van der Waals surface area contributed by atoms with Gasteiger partial charge in [0.15, 0.2) is 0 Å². The summed E-state index contributed by atoms with van der Waals surface area (Å²) in [6.07, 6.45) is 6.21. The SMILES string of the molecule is CN(Cc1ccccc1)C(C1=CC=CC1)C(O)CO. The first-order valence-electron chi connectivity index (χ1n) is 6.61. The average Bonchev–Trinajstić information content (AvgIpc) is 2.93. The fourth-order valence-electron chi connectivity index (χ4n) is 2.58. The van der Waals surface area contributed by atoms with E-state index in [1.165, 1.54) is 5.56 Å². The molecule has 0 bridgehead atoms. The first kappa shape index (κ1) is 14.0. The third-order valence-corrected chi connectivity index (χ3v) is 3.48. The van der Waals surface area contributed by atoms with Crippen molar-refractivity contribution in [2.45, 2.75) is 25.1 Å². The van der Waals surface area contributed by atoms with E-state index in [-0.39, 0.29) is 12.6 Å². The van der Waals surface area contributed by atoms with Gasteiger partial charge in [-0.15, -0.1) is 0 Å². The highest BCUT2D eigenvalue weighted by Crippen LogP contribution is 2.23. The number of benzene rings is 1. The average molecular weight is 259 g/mol. The summed E-state index contributed by atoms with van der Waals surface area (Å²) >= 11 is 0. The molecule has 0 heterocycles. The molecule has 0 aliphatic heterocycles. The molecule has 3 nitrogen and oxygen atoms in total. The van der Waals surface area contributed by atoms with Crippen LogP contribution in [0.25, 0.3) is 0 Å². The molecule has 0 spiro atoms. The summed E-state index contributed by atoms with van der Waals surface area (Å²) in [5.74, 6) is 0. The molecule has 1 aliphatic rings. The monoisotopic (exact) mass is 259 g/mol. The molecule has 0 saturated carbocycles. The normalized spacial score (nSPS) is 17.6.